The van der Waals surface area contributed by atoms with E-state index in [1.165, 1.54) is 11.6 Å². The maximum absolute atomic E-state index is 12.6. The number of pyridine rings is 1. The van der Waals surface area contributed by atoms with E-state index in [9.17, 15) is 9.59 Å². The average Bonchev–Trinajstić information content (AvgIpc) is 2.53. The Balaban J connectivity index is 2.52. The minimum absolute atomic E-state index is 0.283. The molecular weight excluding hydrogens is 278 g/mol. The Bertz CT molecular complexity index is 1010. The molecule has 22 heavy (non-hydrogen) atoms. The molecule has 0 amide bonds. The van der Waals surface area contributed by atoms with Crippen LogP contribution in [0.2, 0.25) is 0 Å². The van der Waals surface area contributed by atoms with E-state index in [2.05, 4.69) is 4.98 Å². The third-order valence-corrected chi connectivity index (χ3v) is 4.20. The van der Waals surface area contributed by atoms with Crippen LogP contribution in [0.3, 0.4) is 0 Å². The van der Waals surface area contributed by atoms with Crippen molar-refractivity contribution in [2.45, 2.75) is 13.8 Å². The highest BCUT2D eigenvalue weighted by molar-refractivity contribution is 5.96. The van der Waals surface area contributed by atoms with E-state index >= 15 is 0 Å². The van der Waals surface area contributed by atoms with Gasteiger partial charge in [0, 0.05) is 31.4 Å². The Morgan fingerprint density at radius 1 is 1.00 bits per heavy atom. The molecule has 2 heterocycles. The summed E-state index contributed by atoms with van der Waals surface area (Å²) in [5.74, 6) is 0. The molecule has 0 saturated heterocycles. The van der Waals surface area contributed by atoms with Gasteiger partial charge in [0.1, 0.15) is 0 Å². The number of hydrogen-bond donors (Lipinski definition) is 0. The van der Waals surface area contributed by atoms with E-state index in [1.807, 2.05) is 31.2 Å². The molecule has 112 valence electrons. The van der Waals surface area contributed by atoms with E-state index in [1.54, 1.807) is 20.2 Å². The van der Waals surface area contributed by atoms with Gasteiger partial charge < -0.3 is 4.57 Å². The molecular formula is C17H17N3O2. The lowest BCUT2D eigenvalue weighted by Gasteiger charge is -2.14. The van der Waals surface area contributed by atoms with Crippen molar-refractivity contribution in [3.05, 3.63) is 62.6 Å². The molecule has 0 spiro atoms. The summed E-state index contributed by atoms with van der Waals surface area (Å²) in [5.41, 5.74) is 3.33. The fraction of sp³-hybridized carbons (Fsp3) is 0.235. The van der Waals surface area contributed by atoms with Crippen molar-refractivity contribution in [2.75, 3.05) is 0 Å². The number of nitrogens with zero attached hydrogens (tertiary/aromatic N) is 3. The highest BCUT2D eigenvalue weighted by Crippen LogP contribution is 2.28. The van der Waals surface area contributed by atoms with E-state index in [0.29, 0.717) is 11.3 Å². The molecule has 1 aromatic carbocycles. The van der Waals surface area contributed by atoms with Crippen molar-refractivity contribution < 1.29 is 0 Å². The summed E-state index contributed by atoms with van der Waals surface area (Å²) in [6.45, 7) is 3.78. The molecule has 0 aliphatic carbocycles. The van der Waals surface area contributed by atoms with Gasteiger partial charge in [0.25, 0.3) is 5.56 Å². The van der Waals surface area contributed by atoms with E-state index in [-0.39, 0.29) is 11.2 Å². The Kier molecular flexibility index (Phi) is 3.20. The van der Waals surface area contributed by atoms with E-state index in [0.717, 1.165) is 26.6 Å². The van der Waals surface area contributed by atoms with Crippen molar-refractivity contribution in [3.63, 3.8) is 0 Å². The number of aromatic nitrogens is 3. The second-order valence-electron chi connectivity index (χ2n) is 5.50. The molecule has 0 aliphatic rings. The Hall–Kier alpha value is -2.69. The Labute approximate surface area is 127 Å². The van der Waals surface area contributed by atoms with Crippen LogP contribution in [0, 0.1) is 13.8 Å². The summed E-state index contributed by atoms with van der Waals surface area (Å²) in [4.78, 5) is 29.1. The number of fused-ring (bicyclic) bond motifs is 1. The van der Waals surface area contributed by atoms with Gasteiger partial charge in [0.2, 0.25) is 0 Å². The fourth-order valence-corrected chi connectivity index (χ4v) is 2.79. The number of rotatable bonds is 1. The molecule has 3 aromatic rings. The smallest absolute Gasteiger partial charge is 0.300 e. The van der Waals surface area contributed by atoms with E-state index < -0.39 is 0 Å². The van der Waals surface area contributed by atoms with Crippen molar-refractivity contribution in [1.29, 1.82) is 0 Å². The third kappa shape index (κ3) is 1.89. The Morgan fingerprint density at radius 3 is 2.45 bits per heavy atom. The van der Waals surface area contributed by atoms with Gasteiger partial charge in [-0.25, -0.2) is 4.79 Å². The zero-order valence-corrected chi connectivity index (χ0v) is 13.0. The predicted molar refractivity (Wildman–Crippen MR) is 87.1 cm³/mol. The van der Waals surface area contributed by atoms with Crippen molar-refractivity contribution in [2.24, 2.45) is 14.1 Å². The molecule has 0 N–H and O–H groups in total. The largest absolute Gasteiger partial charge is 0.330 e. The summed E-state index contributed by atoms with van der Waals surface area (Å²) < 4.78 is 2.64. The van der Waals surface area contributed by atoms with Gasteiger partial charge in [0.05, 0.1) is 11.1 Å². The number of aryl methyl sites for hydroxylation is 1. The third-order valence-electron chi connectivity index (χ3n) is 4.20. The normalized spacial score (nSPS) is 11.1. The molecule has 0 radical (unpaired) electrons. The summed E-state index contributed by atoms with van der Waals surface area (Å²) in [5, 5.41) is 0.918. The predicted octanol–water partition coefficient (Wildman–Crippen LogP) is 1.92. The lowest BCUT2D eigenvalue weighted by atomic mass is 9.98. The molecule has 0 atom stereocenters. The van der Waals surface area contributed by atoms with Crippen LogP contribution in [-0.2, 0) is 14.1 Å². The maximum Gasteiger partial charge on any atom is 0.330 e. The van der Waals surface area contributed by atoms with Crippen molar-refractivity contribution in [1.82, 2.24) is 14.1 Å². The van der Waals surface area contributed by atoms with Gasteiger partial charge in [-0.3, -0.25) is 14.3 Å². The first-order valence-corrected chi connectivity index (χ1v) is 7.04. The average molecular weight is 295 g/mol. The standard InChI is InChI=1S/C17H17N3O2/c1-10-7-8-12(13-6-5-9-18-15(10)13)14-11(2)19(3)17(22)20(4)16(14)21/h5-9H,1-4H3. The molecule has 0 saturated carbocycles. The Morgan fingerprint density at radius 2 is 1.73 bits per heavy atom. The van der Waals surface area contributed by atoms with Crippen molar-refractivity contribution >= 4 is 10.9 Å². The van der Waals surface area contributed by atoms with Gasteiger partial charge in [-0.05, 0) is 31.0 Å². The van der Waals surface area contributed by atoms with Gasteiger partial charge >= 0.3 is 5.69 Å². The first kappa shape index (κ1) is 14.3. The molecule has 3 rings (SSSR count). The minimum atomic E-state index is -0.319. The van der Waals surface area contributed by atoms with Crippen LogP contribution in [-0.4, -0.2) is 14.1 Å². The SMILES string of the molecule is Cc1ccc(-c2c(C)n(C)c(=O)n(C)c2=O)c2cccnc12. The second-order valence-corrected chi connectivity index (χ2v) is 5.50. The highest BCUT2D eigenvalue weighted by atomic mass is 16.2. The van der Waals surface area contributed by atoms with Crippen LogP contribution in [0.4, 0.5) is 0 Å². The van der Waals surface area contributed by atoms with Gasteiger partial charge in [-0.2, -0.15) is 0 Å². The van der Waals surface area contributed by atoms with Crippen LogP contribution in [0.1, 0.15) is 11.3 Å². The molecule has 0 bridgehead atoms. The number of benzene rings is 1. The number of hydrogen-bond acceptors (Lipinski definition) is 3. The van der Waals surface area contributed by atoms with Crippen LogP contribution in [0.15, 0.2) is 40.1 Å². The van der Waals surface area contributed by atoms with Gasteiger partial charge in [-0.1, -0.05) is 18.2 Å². The van der Waals surface area contributed by atoms with Gasteiger partial charge in [-0.15, -0.1) is 0 Å². The molecule has 2 aromatic heterocycles. The minimum Gasteiger partial charge on any atom is -0.300 e. The molecule has 0 fully saturated rings. The summed E-state index contributed by atoms with van der Waals surface area (Å²) in [7, 11) is 3.18. The fourth-order valence-electron chi connectivity index (χ4n) is 2.79. The molecule has 5 nitrogen and oxygen atoms in total. The first-order chi connectivity index (χ1) is 10.4. The highest BCUT2D eigenvalue weighted by Gasteiger charge is 2.16. The second kappa shape index (κ2) is 4.94. The van der Waals surface area contributed by atoms with Crippen LogP contribution in [0.5, 0.6) is 0 Å². The van der Waals surface area contributed by atoms with Crippen LogP contribution < -0.4 is 11.2 Å². The van der Waals surface area contributed by atoms with E-state index in [4.69, 9.17) is 0 Å². The summed E-state index contributed by atoms with van der Waals surface area (Å²) >= 11 is 0. The lowest BCUT2D eigenvalue weighted by Crippen LogP contribution is -2.39. The van der Waals surface area contributed by atoms with Crippen LogP contribution >= 0.6 is 0 Å². The zero-order valence-electron chi connectivity index (χ0n) is 13.0. The molecule has 0 unspecified atom stereocenters. The zero-order chi connectivity index (χ0) is 16.0. The van der Waals surface area contributed by atoms with Gasteiger partial charge in [0.15, 0.2) is 0 Å². The summed E-state index contributed by atoms with van der Waals surface area (Å²) in [6.07, 6.45) is 1.74. The summed E-state index contributed by atoms with van der Waals surface area (Å²) in [6, 6.07) is 7.68. The lowest BCUT2D eigenvalue weighted by molar-refractivity contribution is 0.671. The monoisotopic (exact) mass is 295 g/mol. The van der Waals surface area contributed by atoms with Crippen LogP contribution in [0.25, 0.3) is 22.0 Å². The molecule has 0 aliphatic heterocycles. The maximum atomic E-state index is 12.6. The first-order valence-electron chi connectivity index (χ1n) is 7.04. The molecule has 5 heteroatoms. The quantitative estimate of drug-likeness (QED) is 0.689. The topological polar surface area (TPSA) is 56.9 Å². The van der Waals surface area contributed by atoms with Crippen molar-refractivity contribution in [3.8, 4) is 11.1 Å².